The average Bonchev–Trinajstić information content (AvgIpc) is 2.33. The van der Waals surface area contributed by atoms with Gasteiger partial charge in [-0.15, -0.1) is 0 Å². The fraction of sp³-hybridized carbons (Fsp3) is 0.429. The summed E-state index contributed by atoms with van der Waals surface area (Å²) in [6.07, 6.45) is 0.475. The van der Waals surface area contributed by atoms with Crippen LogP contribution in [0.5, 0.6) is 5.75 Å². The molecule has 1 aliphatic rings. The first kappa shape index (κ1) is 13.4. The van der Waals surface area contributed by atoms with E-state index in [1.54, 1.807) is 25.2 Å². The van der Waals surface area contributed by atoms with E-state index in [0.717, 1.165) is 0 Å². The average molecular weight is 262 g/mol. The predicted octanol–water partition coefficient (Wildman–Crippen LogP) is 2.03. The first-order valence-corrected chi connectivity index (χ1v) is 6.30. The van der Waals surface area contributed by atoms with Crippen LogP contribution in [-0.4, -0.2) is 25.5 Å². The molecule has 1 heterocycles. The minimum Gasteiger partial charge on any atom is -0.482 e. The van der Waals surface area contributed by atoms with Gasteiger partial charge in [-0.25, -0.2) is 0 Å². The lowest BCUT2D eigenvalue weighted by atomic mass is 10.1. The molecule has 2 rings (SSSR count). The van der Waals surface area contributed by atoms with E-state index in [1.165, 1.54) is 4.90 Å². The zero-order valence-corrected chi connectivity index (χ0v) is 11.4. The molecule has 0 unspecified atom stereocenters. The molecule has 0 saturated heterocycles. The Kier molecular flexibility index (Phi) is 3.74. The molecule has 1 N–H and O–H groups in total. The van der Waals surface area contributed by atoms with Crippen molar-refractivity contribution in [3.63, 3.8) is 0 Å². The van der Waals surface area contributed by atoms with Crippen molar-refractivity contribution in [1.82, 2.24) is 0 Å². The summed E-state index contributed by atoms with van der Waals surface area (Å²) in [5.41, 5.74) is 1.35. The van der Waals surface area contributed by atoms with Gasteiger partial charge in [0.1, 0.15) is 5.75 Å². The largest absolute Gasteiger partial charge is 0.482 e. The number of nitrogens with zero attached hydrogens (tertiary/aromatic N) is 1. The van der Waals surface area contributed by atoms with E-state index in [2.05, 4.69) is 5.32 Å². The highest BCUT2D eigenvalue weighted by Crippen LogP contribution is 2.33. The van der Waals surface area contributed by atoms with E-state index >= 15 is 0 Å². The molecule has 5 nitrogen and oxygen atoms in total. The Morgan fingerprint density at radius 2 is 2.21 bits per heavy atom. The van der Waals surface area contributed by atoms with Crippen LogP contribution in [0, 0.1) is 5.92 Å². The molecule has 0 atom stereocenters. The summed E-state index contributed by atoms with van der Waals surface area (Å²) in [6.45, 7) is 4.04. The second-order valence-electron chi connectivity index (χ2n) is 5.07. The Bertz CT molecular complexity index is 511. The van der Waals surface area contributed by atoms with Gasteiger partial charge in [-0.1, -0.05) is 13.8 Å². The summed E-state index contributed by atoms with van der Waals surface area (Å²) >= 11 is 0. The topological polar surface area (TPSA) is 58.6 Å². The molecule has 102 valence electrons. The van der Waals surface area contributed by atoms with E-state index in [0.29, 0.717) is 29.5 Å². The molecule has 0 saturated carbocycles. The van der Waals surface area contributed by atoms with Crippen molar-refractivity contribution < 1.29 is 14.3 Å². The van der Waals surface area contributed by atoms with E-state index in [1.807, 2.05) is 13.8 Å². The third-order valence-corrected chi connectivity index (χ3v) is 2.92. The van der Waals surface area contributed by atoms with E-state index in [-0.39, 0.29) is 18.4 Å². The molecule has 0 radical (unpaired) electrons. The lowest BCUT2D eigenvalue weighted by molar-refractivity contribution is -0.121. The van der Waals surface area contributed by atoms with Crippen LogP contribution < -0.4 is 15.0 Å². The predicted molar refractivity (Wildman–Crippen MR) is 73.4 cm³/mol. The highest BCUT2D eigenvalue weighted by Gasteiger charge is 2.22. The number of benzene rings is 1. The Labute approximate surface area is 112 Å². The summed E-state index contributed by atoms with van der Waals surface area (Å²) in [6, 6.07) is 5.30. The van der Waals surface area contributed by atoms with Crippen LogP contribution in [0.2, 0.25) is 0 Å². The van der Waals surface area contributed by atoms with Gasteiger partial charge in [-0.05, 0) is 24.1 Å². The van der Waals surface area contributed by atoms with Crippen molar-refractivity contribution >= 4 is 23.2 Å². The molecule has 1 aromatic carbocycles. The van der Waals surface area contributed by atoms with Gasteiger partial charge in [-0.3, -0.25) is 9.59 Å². The molecule has 0 bridgehead atoms. The lowest BCUT2D eigenvalue weighted by Crippen LogP contribution is -2.35. The van der Waals surface area contributed by atoms with Crippen LogP contribution in [0.15, 0.2) is 18.2 Å². The van der Waals surface area contributed by atoms with Gasteiger partial charge in [-0.2, -0.15) is 0 Å². The first-order valence-electron chi connectivity index (χ1n) is 6.30. The number of likely N-dealkylation sites (N-methyl/N-ethyl adjacent to an activating group) is 1. The van der Waals surface area contributed by atoms with Crippen LogP contribution in [0.25, 0.3) is 0 Å². The number of carbonyl (C=O) groups is 2. The smallest absolute Gasteiger partial charge is 0.264 e. The summed E-state index contributed by atoms with van der Waals surface area (Å²) in [7, 11) is 1.70. The molecule has 0 fully saturated rings. The molecule has 19 heavy (non-hydrogen) atoms. The third-order valence-electron chi connectivity index (χ3n) is 2.92. The quantitative estimate of drug-likeness (QED) is 0.906. The highest BCUT2D eigenvalue weighted by molar-refractivity contribution is 5.99. The number of rotatable bonds is 3. The monoisotopic (exact) mass is 262 g/mol. The molecule has 1 aliphatic heterocycles. The van der Waals surface area contributed by atoms with Crippen LogP contribution in [0.1, 0.15) is 20.3 Å². The maximum atomic E-state index is 11.7. The van der Waals surface area contributed by atoms with Crippen LogP contribution >= 0.6 is 0 Å². The molecule has 0 aliphatic carbocycles. The molecule has 0 aromatic heterocycles. The van der Waals surface area contributed by atoms with E-state index in [9.17, 15) is 9.59 Å². The van der Waals surface area contributed by atoms with Gasteiger partial charge < -0.3 is 15.0 Å². The number of hydrogen-bond donors (Lipinski definition) is 1. The van der Waals surface area contributed by atoms with Gasteiger partial charge in [0.2, 0.25) is 5.91 Å². The first-order chi connectivity index (χ1) is 8.97. The van der Waals surface area contributed by atoms with Crippen LogP contribution in [0.4, 0.5) is 11.4 Å². The number of amides is 2. The lowest BCUT2D eigenvalue weighted by Gasteiger charge is -2.26. The fourth-order valence-corrected chi connectivity index (χ4v) is 1.93. The Balaban J connectivity index is 2.16. The zero-order valence-electron chi connectivity index (χ0n) is 11.4. The Morgan fingerprint density at radius 3 is 2.89 bits per heavy atom. The van der Waals surface area contributed by atoms with E-state index < -0.39 is 0 Å². The number of carbonyl (C=O) groups excluding carboxylic acids is 2. The highest BCUT2D eigenvalue weighted by atomic mass is 16.5. The molecule has 5 heteroatoms. The molecular formula is C14H18N2O3. The van der Waals surface area contributed by atoms with Gasteiger partial charge in [0.25, 0.3) is 5.91 Å². The van der Waals surface area contributed by atoms with Crippen molar-refractivity contribution in [2.75, 3.05) is 23.9 Å². The Hall–Kier alpha value is -2.04. The van der Waals surface area contributed by atoms with Crippen molar-refractivity contribution in [1.29, 1.82) is 0 Å². The van der Waals surface area contributed by atoms with E-state index in [4.69, 9.17) is 4.74 Å². The van der Waals surface area contributed by atoms with Gasteiger partial charge >= 0.3 is 0 Å². The summed E-state index contributed by atoms with van der Waals surface area (Å²) < 4.78 is 5.33. The maximum absolute atomic E-state index is 11.7. The summed E-state index contributed by atoms with van der Waals surface area (Å²) in [5, 5.41) is 2.83. The second kappa shape index (κ2) is 5.30. The molecule has 2 amide bonds. The molecule has 1 aromatic rings. The third kappa shape index (κ3) is 3.05. The minimum atomic E-state index is -0.0989. The van der Waals surface area contributed by atoms with Crippen molar-refractivity contribution in [2.45, 2.75) is 20.3 Å². The maximum Gasteiger partial charge on any atom is 0.264 e. The number of fused-ring (bicyclic) bond motifs is 1. The number of hydrogen-bond acceptors (Lipinski definition) is 3. The molecular weight excluding hydrogens is 244 g/mol. The number of nitrogens with one attached hydrogen (secondary N) is 1. The molecule has 0 spiro atoms. The van der Waals surface area contributed by atoms with Crippen LogP contribution in [0.3, 0.4) is 0 Å². The standard InChI is InChI=1S/C14H18N2O3/c1-9(2)6-13(17)15-10-4-5-12-11(7-10)16(3)14(18)8-19-12/h4-5,7,9H,6,8H2,1-3H3,(H,15,17). The SMILES string of the molecule is CC(C)CC(=O)Nc1ccc2c(c1)N(C)C(=O)CO2. The number of anilines is 2. The second-order valence-corrected chi connectivity index (χ2v) is 5.07. The summed E-state index contributed by atoms with van der Waals surface area (Å²) in [4.78, 5) is 24.8. The van der Waals surface area contributed by atoms with Gasteiger partial charge in [0.05, 0.1) is 5.69 Å². The summed E-state index contributed by atoms with van der Waals surface area (Å²) in [5.74, 6) is 0.841. The fourth-order valence-electron chi connectivity index (χ4n) is 1.93. The minimum absolute atomic E-state index is 0.0272. The Morgan fingerprint density at radius 1 is 1.47 bits per heavy atom. The van der Waals surface area contributed by atoms with Crippen molar-refractivity contribution in [3.8, 4) is 5.75 Å². The number of ether oxygens (including phenoxy) is 1. The van der Waals surface area contributed by atoms with Crippen molar-refractivity contribution in [3.05, 3.63) is 18.2 Å². The van der Waals surface area contributed by atoms with Gasteiger partial charge in [0.15, 0.2) is 6.61 Å². The van der Waals surface area contributed by atoms with Crippen LogP contribution in [-0.2, 0) is 9.59 Å². The van der Waals surface area contributed by atoms with Gasteiger partial charge in [0, 0.05) is 19.2 Å². The van der Waals surface area contributed by atoms with Crippen molar-refractivity contribution in [2.24, 2.45) is 5.92 Å². The normalized spacial score (nSPS) is 14.1. The zero-order chi connectivity index (χ0) is 14.0.